The Labute approximate surface area is 200 Å². The maximum atomic E-state index is 14.5. The van der Waals surface area contributed by atoms with Gasteiger partial charge in [0, 0.05) is 37.5 Å². The van der Waals surface area contributed by atoms with Crippen molar-refractivity contribution in [3.63, 3.8) is 0 Å². The number of rotatable bonds is 9. The van der Waals surface area contributed by atoms with E-state index in [9.17, 15) is 9.18 Å². The molecule has 1 amide bonds. The topological polar surface area (TPSA) is 70.1 Å². The van der Waals surface area contributed by atoms with E-state index in [4.69, 9.17) is 4.74 Å². The fourth-order valence-electron chi connectivity index (χ4n) is 4.20. The first-order chi connectivity index (χ1) is 16.3. The molecule has 2 fully saturated rings. The van der Waals surface area contributed by atoms with Crippen molar-refractivity contribution < 1.29 is 13.9 Å². The summed E-state index contributed by atoms with van der Waals surface area (Å²) in [5.74, 6) is 0.282. The molecule has 1 saturated carbocycles. The number of pyridine rings is 1. The van der Waals surface area contributed by atoms with E-state index >= 15 is 0 Å². The fourth-order valence-corrected chi connectivity index (χ4v) is 4.20. The van der Waals surface area contributed by atoms with Crippen molar-refractivity contribution in [2.24, 2.45) is 11.0 Å². The predicted octanol–water partition coefficient (Wildman–Crippen LogP) is 4.23. The van der Waals surface area contributed by atoms with Crippen LogP contribution in [-0.2, 0) is 0 Å². The standard InChI is InChI=1S/C26H32FN5O2/c1-17-9-25(27)24(26(33)30-20-5-6-20)11-23(17)18(2)14-32(28-3)21-10-22(13-29-12-21)34-16-19-7-8-31(4)15-19/h9-14,19-20H,3,5-8,15-16H2,1-2,4H3,(H,30,33)/b18-14+/t19-/m0/s1. The van der Waals surface area contributed by atoms with Crippen molar-refractivity contribution in [2.75, 3.05) is 31.8 Å². The predicted molar refractivity (Wildman–Crippen MR) is 133 cm³/mol. The number of anilines is 1. The van der Waals surface area contributed by atoms with Gasteiger partial charge in [-0.3, -0.25) is 9.78 Å². The normalized spacial score (nSPS) is 18.6. The second kappa shape index (κ2) is 10.3. The lowest BCUT2D eigenvalue weighted by Crippen LogP contribution is -2.26. The first-order valence-electron chi connectivity index (χ1n) is 11.7. The zero-order valence-corrected chi connectivity index (χ0v) is 20.1. The van der Waals surface area contributed by atoms with Gasteiger partial charge in [-0.1, -0.05) is 0 Å². The molecule has 4 rings (SSSR count). The van der Waals surface area contributed by atoms with E-state index in [1.807, 2.05) is 19.9 Å². The van der Waals surface area contributed by atoms with Gasteiger partial charge in [0.1, 0.15) is 11.6 Å². The van der Waals surface area contributed by atoms with E-state index in [0.717, 1.165) is 49.1 Å². The molecule has 34 heavy (non-hydrogen) atoms. The third kappa shape index (κ3) is 5.80. The Balaban J connectivity index is 1.51. The van der Waals surface area contributed by atoms with Crippen LogP contribution in [0.4, 0.5) is 10.1 Å². The fraction of sp³-hybridized carbons (Fsp3) is 0.423. The van der Waals surface area contributed by atoms with Crippen LogP contribution in [0.15, 0.2) is 41.9 Å². The Bertz CT molecular complexity index is 1100. The molecular weight excluding hydrogens is 433 g/mol. The van der Waals surface area contributed by atoms with Crippen LogP contribution in [0.1, 0.15) is 47.7 Å². The lowest BCUT2D eigenvalue weighted by Gasteiger charge is -2.18. The molecule has 2 heterocycles. The summed E-state index contributed by atoms with van der Waals surface area (Å²) in [6.07, 6.45) is 8.18. The third-order valence-electron chi connectivity index (χ3n) is 6.30. The molecule has 8 heteroatoms. The summed E-state index contributed by atoms with van der Waals surface area (Å²) >= 11 is 0. The van der Waals surface area contributed by atoms with E-state index in [1.54, 1.807) is 29.7 Å². The van der Waals surface area contributed by atoms with Crippen LogP contribution in [0.5, 0.6) is 5.75 Å². The van der Waals surface area contributed by atoms with Crippen LogP contribution >= 0.6 is 0 Å². The van der Waals surface area contributed by atoms with Crippen LogP contribution < -0.4 is 15.1 Å². The number of ether oxygens (including phenoxy) is 1. The molecule has 1 aliphatic heterocycles. The number of nitrogens with zero attached hydrogens (tertiary/aromatic N) is 4. The lowest BCUT2D eigenvalue weighted by atomic mass is 9.98. The number of amides is 1. The number of allylic oxidation sites excluding steroid dienone is 1. The van der Waals surface area contributed by atoms with Gasteiger partial charge < -0.3 is 15.0 Å². The van der Waals surface area contributed by atoms with Crippen molar-refractivity contribution in [2.45, 2.75) is 39.2 Å². The number of nitrogens with one attached hydrogen (secondary N) is 1. The number of hydrazone groups is 1. The second-order valence-corrected chi connectivity index (χ2v) is 9.30. The molecule has 1 atom stereocenters. The number of aryl methyl sites for hydroxylation is 1. The van der Waals surface area contributed by atoms with Crippen LogP contribution in [0, 0.1) is 18.7 Å². The van der Waals surface area contributed by atoms with E-state index in [1.165, 1.54) is 6.07 Å². The molecule has 2 aromatic rings. The molecule has 1 aliphatic carbocycles. The largest absolute Gasteiger partial charge is 0.492 e. The molecular formula is C26H32FN5O2. The summed E-state index contributed by atoms with van der Waals surface area (Å²) in [5, 5.41) is 8.57. The molecule has 0 unspecified atom stereocenters. The second-order valence-electron chi connectivity index (χ2n) is 9.30. The van der Waals surface area contributed by atoms with Crippen LogP contribution in [0.25, 0.3) is 5.57 Å². The van der Waals surface area contributed by atoms with Gasteiger partial charge >= 0.3 is 0 Å². The summed E-state index contributed by atoms with van der Waals surface area (Å²) in [6, 6.07) is 5.03. The Hall–Kier alpha value is -3.26. The summed E-state index contributed by atoms with van der Waals surface area (Å²) in [6.45, 7) is 10.2. The number of hydrogen-bond donors (Lipinski definition) is 1. The highest BCUT2D eigenvalue weighted by Gasteiger charge is 2.25. The first-order valence-corrected chi connectivity index (χ1v) is 11.7. The minimum atomic E-state index is -0.520. The van der Waals surface area contributed by atoms with Gasteiger partial charge in [-0.2, -0.15) is 5.10 Å². The van der Waals surface area contributed by atoms with Crippen molar-refractivity contribution in [3.8, 4) is 5.75 Å². The maximum absolute atomic E-state index is 14.5. The molecule has 1 saturated heterocycles. The van der Waals surface area contributed by atoms with Gasteiger partial charge in [0.05, 0.1) is 30.3 Å². The number of halogens is 1. The first kappa shape index (κ1) is 23.9. The molecule has 1 aromatic carbocycles. The zero-order valence-electron chi connectivity index (χ0n) is 20.1. The van der Waals surface area contributed by atoms with E-state index < -0.39 is 5.82 Å². The van der Waals surface area contributed by atoms with Gasteiger partial charge in [-0.15, -0.1) is 0 Å². The van der Waals surface area contributed by atoms with Crippen LogP contribution in [-0.4, -0.2) is 55.3 Å². The molecule has 0 radical (unpaired) electrons. The molecule has 2 aliphatic rings. The van der Waals surface area contributed by atoms with Gasteiger partial charge in [0.15, 0.2) is 0 Å². The number of benzene rings is 1. The highest BCUT2D eigenvalue weighted by Crippen LogP contribution is 2.27. The summed E-state index contributed by atoms with van der Waals surface area (Å²) in [7, 11) is 2.12. The molecule has 1 aromatic heterocycles. The zero-order chi connectivity index (χ0) is 24.2. The Kier molecular flexibility index (Phi) is 7.26. The highest BCUT2D eigenvalue weighted by molar-refractivity contribution is 5.96. The van der Waals surface area contributed by atoms with Crippen molar-refractivity contribution in [1.82, 2.24) is 15.2 Å². The number of likely N-dealkylation sites (tertiary alicyclic amines) is 1. The number of carbonyl (C=O) groups excluding carboxylic acids is 1. The average Bonchev–Trinajstić information content (AvgIpc) is 3.53. The molecule has 0 spiro atoms. The van der Waals surface area contributed by atoms with Crippen molar-refractivity contribution >= 4 is 23.9 Å². The van der Waals surface area contributed by atoms with E-state index in [-0.39, 0.29) is 17.5 Å². The Morgan fingerprint density at radius 2 is 2.12 bits per heavy atom. The van der Waals surface area contributed by atoms with Crippen molar-refractivity contribution in [3.05, 3.63) is 59.3 Å². The Morgan fingerprint density at radius 1 is 1.32 bits per heavy atom. The van der Waals surface area contributed by atoms with E-state index in [0.29, 0.717) is 24.0 Å². The van der Waals surface area contributed by atoms with Crippen molar-refractivity contribution in [1.29, 1.82) is 0 Å². The summed E-state index contributed by atoms with van der Waals surface area (Å²) < 4.78 is 20.5. The number of carbonyl (C=O) groups is 1. The third-order valence-corrected chi connectivity index (χ3v) is 6.30. The molecule has 1 N–H and O–H groups in total. The maximum Gasteiger partial charge on any atom is 0.254 e. The molecule has 180 valence electrons. The molecule has 7 nitrogen and oxygen atoms in total. The Morgan fingerprint density at radius 3 is 2.79 bits per heavy atom. The van der Waals surface area contributed by atoms with Gasteiger partial charge in [-0.25, -0.2) is 9.40 Å². The van der Waals surface area contributed by atoms with E-state index in [2.05, 4.69) is 34.1 Å². The highest BCUT2D eigenvalue weighted by atomic mass is 19.1. The SMILES string of the molecule is C=NN(/C=C(\C)c1cc(C(=O)NC2CC2)c(F)cc1C)c1cncc(OC[C@H]2CCN(C)C2)c1. The van der Waals surface area contributed by atoms with Gasteiger partial charge in [-0.05, 0) is 75.5 Å². The summed E-state index contributed by atoms with van der Waals surface area (Å²) in [5.41, 5.74) is 3.05. The van der Waals surface area contributed by atoms with Crippen LogP contribution in [0.2, 0.25) is 0 Å². The van der Waals surface area contributed by atoms with Gasteiger partial charge in [0.25, 0.3) is 5.91 Å². The number of hydrogen-bond acceptors (Lipinski definition) is 6. The lowest BCUT2D eigenvalue weighted by molar-refractivity contribution is 0.0947. The number of aromatic nitrogens is 1. The monoisotopic (exact) mass is 465 g/mol. The smallest absolute Gasteiger partial charge is 0.254 e. The van der Waals surface area contributed by atoms with Gasteiger partial charge in [0.2, 0.25) is 0 Å². The minimum Gasteiger partial charge on any atom is -0.492 e. The van der Waals surface area contributed by atoms with Crippen LogP contribution in [0.3, 0.4) is 0 Å². The average molecular weight is 466 g/mol. The minimum absolute atomic E-state index is 0.0491. The molecule has 0 bridgehead atoms. The quantitative estimate of drug-likeness (QED) is 0.443. The summed E-state index contributed by atoms with van der Waals surface area (Å²) in [4.78, 5) is 19.1.